The molecule has 0 amide bonds. The lowest BCUT2D eigenvalue weighted by Gasteiger charge is -2.28. The Morgan fingerprint density at radius 3 is 2.76 bits per heavy atom. The zero-order valence-electron chi connectivity index (χ0n) is 11.8. The number of nitrogens with zero attached hydrogens (tertiary/aromatic N) is 2. The summed E-state index contributed by atoms with van der Waals surface area (Å²) in [6.45, 7) is 0. The number of rotatable bonds is 4. The van der Waals surface area contributed by atoms with E-state index in [1.54, 1.807) is 6.20 Å². The summed E-state index contributed by atoms with van der Waals surface area (Å²) in [6.07, 6.45) is 7.16. The highest BCUT2D eigenvalue weighted by atomic mass is 16.4. The molecule has 1 aliphatic carbocycles. The van der Waals surface area contributed by atoms with Gasteiger partial charge in [0.2, 0.25) is 0 Å². The number of hydrogen-bond donors (Lipinski definition) is 2. The van der Waals surface area contributed by atoms with Crippen LogP contribution in [-0.4, -0.2) is 26.9 Å². The average Bonchev–Trinajstić information content (AvgIpc) is 3.02. The van der Waals surface area contributed by atoms with E-state index in [4.69, 9.17) is 5.11 Å². The Hall–Kier alpha value is -2.30. The molecule has 1 fully saturated rings. The van der Waals surface area contributed by atoms with Crippen LogP contribution in [-0.2, 0) is 4.79 Å². The number of aliphatic carboxylic acids is 1. The van der Waals surface area contributed by atoms with E-state index >= 15 is 0 Å². The third-order valence-corrected chi connectivity index (χ3v) is 4.03. The first-order valence-electron chi connectivity index (χ1n) is 7.32. The fourth-order valence-corrected chi connectivity index (χ4v) is 2.91. The maximum atomic E-state index is 11.1. The van der Waals surface area contributed by atoms with Gasteiger partial charge in [-0.05, 0) is 49.6 Å². The molecule has 1 aromatic heterocycles. The number of carbonyl (C=O) groups is 1. The van der Waals surface area contributed by atoms with Gasteiger partial charge < -0.3 is 10.4 Å². The molecule has 2 N–H and O–H groups in total. The van der Waals surface area contributed by atoms with Crippen molar-refractivity contribution in [3.63, 3.8) is 0 Å². The number of carboxylic acids is 1. The van der Waals surface area contributed by atoms with Crippen LogP contribution >= 0.6 is 0 Å². The van der Waals surface area contributed by atoms with Gasteiger partial charge in [-0.2, -0.15) is 5.10 Å². The minimum atomic E-state index is -0.671. The molecule has 0 saturated heterocycles. The molecule has 3 rings (SSSR count). The summed E-state index contributed by atoms with van der Waals surface area (Å²) in [5, 5.41) is 16.8. The van der Waals surface area contributed by atoms with E-state index in [1.165, 1.54) is 0 Å². The molecule has 1 aliphatic rings. The summed E-state index contributed by atoms with van der Waals surface area (Å²) < 4.78 is 1.81. The van der Waals surface area contributed by atoms with E-state index in [2.05, 4.69) is 10.4 Å². The molecule has 0 spiro atoms. The topological polar surface area (TPSA) is 67.2 Å². The van der Waals surface area contributed by atoms with Gasteiger partial charge in [0.25, 0.3) is 0 Å². The predicted octanol–water partition coefficient (Wildman–Crippen LogP) is 2.93. The van der Waals surface area contributed by atoms with Gasteiger partial charge in [0.1, 0.15) is 0 Å². The van der Waals surface area contributed by atoms with Gasteiger partial charge in [0, 0.05) is 24.1 Å². The molecule has 2 aromatic rings. The smallest absolute Gasteiger partial charge is 0.306 e. The van der Waals surface area contributed by atoms with Gasteiger partial charge in [-0.1, -0.05) is 6.42 Å². The molecule has 1 aromatic carbocycles. The van der Waals surface area contributed by atoms with Gasteiger partial charge in [-0.25, -0.2) is 4.68 Å². The van der Waals surface area contributed by atoms with Gasteiger partial charge in [-0.15, -0.1) is 0 Å². The third-order valence-electron chi connectivity index (χ3n) is 4.03. The monoisotopic (exact) mass is 285 g/mol. The molecule has 1 saturated carbocycles. The van der Waals surface area contributed by atoms with E-state index in [-0.39, 0.29) is 12.0 Å². The van der Waals surface area contributed by atoms with E-state index in [1.807, 2.05) is 41.2 Å². The summed E-state index contributed by atoms with van der Waals surface area (Å²) in [4.78, 5) is 11.1. The quantitative estimate of drug-likeness (QED) is 0.906. The summed E-state index contributed by atoms with van der Waals surface area (Å²) in [5.41, 5.74) is 2.04. The predicted molar refractivity (Wildman–Crippen MR) is 80.6 cm³/mol. The maximum absolute atomic E-state index is 11.1. The van der Waals surface area contributed by atoms with Crippen LogP contribution in [0.2, 0.25) is 0 Å². The SMILES string of the molecule is O=C(O)C1CCCC(Nc2ccc(-n3cccn3)cc2)C1. The number of carboxylic acid groups (broad SMARTS) is 1. The Morgan fingerprint density at radius 1 is 1.29 bits per heavy atom. The lowest BCUT2D eigenvalue weighted by Crippen LogP contribution is -2.30. The number of anilines is 1. The minimum absolute atomic E-state index is 0.209. The van der Waals surface area contributed by atoms with Gasteiger partial charge in [-0.3, -0.25) is 4.79 Å². The van der Waals surface area contributed by atoms with Crippen LogP contribution in [0.3, 0.4) is 0 Å². The summed E-state index contributed by atoms with van der Waals surface area (Å²) in [6, 6.07) is 10.2. The van der Waals surface area contributed by atoms with Crippen LogP contribution in [0.5, 0.6) is 0 Å². The van der Waals surface area contributed by atoms with Crippen molar-refractivity contribution in [2.24, 2.45) is 5.92 Å². The first-order valence-corrected chi connectivity index (χ1v) is 7.32. The second-order valence-corrected chi connectivity index (χ2v) is 5.54. The maximum Gasteiger partial charge on any atom is 0.306 e. The number of hydrogen-bond acceptors (Lipinski definition) is 3. The second kappa shape index (κ2) is 5.99. The largest absolute Gasteiger partial charge is 0.481 e. The van der Waals surface area contributed by atoms with Crippen LogP contribution in [0.4, 0.5) is 5.69 Å². The van der Waals surface area contributed by atoms with Crippen LogP contribution in [0.25, 0.3) is 5.69 Å². The number of aromatic nitrogens is 2. The van der Waals surface area contributed by atoms with Crippen molar-refractivity contribution in [2.45, 2.75) is 31.7 Å². The Balaban J connectivity index is 1.64. The normalized spacial score (nSPS) is 21.9. The summed E-state index contributed by atoms with van der Waals surface area (Å²) in [5.74, 6) is -0.880. The minimum Gasteiger partial charge on any atom is -0.481 e. The Morgan fingerprint density at radius 2 is 2.10 bits per heavy atom. The molecule has 110 valence electrons. The molecular weight excluding hydrogens is 266 g/mol. The van der Waals surface area contributed by atoms with Crippen molar-refractivity contribution in [3.05, 3.63) is 42.7 Å². The molecule has 2 unspecified atom stereocenters. The van der Waals surface area contributed by atoms with Gasteiger partial charge in [0.05, 0.1) is 11.6 Å². The second-order valence-electron chi connectivity index (χ2n) is 5.54. The molecule has 0 bridgehead atoms. The van der Waals surface area contributed by atoms with E-state index in [0.717, 1.165) is 30.6 Å². The Bertz CT molecular complexity index is 592. The molecule has 0 aliphatic heterocycles. The lowest BCUT2D eigenvalue weighted by molar-refractivity contribution is -0.142. The van der Waals surface area contributed by atoms with Crippen LogP contribution in [0.1, 0.15) is 25.7 Å². The van der Waals surface area contributed by atoms with Crippen molar-refractivity contribution in [1.82, 2.24) is 9.78 Å². The molecule has 21 heavy (non-hydrogen) atoms. The molecule has 0 radical (unpaired) electrons. The molecule has 5 nitrogen and oxygen atoms in total. The number of nitrogens with one attached hydrogen (secondary N) is 1. The van der Waals surface area contributed by atoms with E-state index in [9.17, 15) is 4.79 Å². The zero-order valence-corrected chi connectivity index (χ0v) is 11.8. The van der Waals surface area contributed by atoms with Crippen molar-refractivity contribution in [3.8, 4) is 5.69 Å². The highest BCUT2D eigenvalue weighted by Gasteiger charge is 2.26. The Labute approximate surface area is 123 Å². The van der Waals surface area contributed by atoms with Gasteiger partial charge >= 0.3 is 5.97 Å². The molecular formula is C16H19N3O2. The Kier molecular flexibility index (Phi) is 3.90. The standard InChI is InChI=1S/C16H19N3O2/c20-16(21)12-3-1-4-14(11-12)18-13-5-7-15(8-6-13)19-10-2-9-17-19/h2,5-10,12,14,18H,1,3-4,11H2,(H,20,21). The zero-order chi connectivity index (χ0) is 14.7. The van der Waals surface area contributed by atoms with Crippen LogP contribution in [0.15, 0.2) is 42.7 Å². The number of benzene rings is 1. The van der Waals surface area contributed by atoms with Crippen molar-refractivity contribution < 1.29 is 9.90 Å². The van der Waals surface area contributed by atoms with Crippen LogP contribution < -0.4 is 5.32 Å². The van der Waals surface area contributed by atoms with Crippen molar-refractivity contribution in [1.29, 1.82) is 0 Å². The van der Waals surface area contributed by atoms with Gasteiger partial charge in [0.15, 0.2) is 0 Å². The third kappa shape index (κ3) is 3.24. The van der Waals surface area contributed by atoms with E-state index in [0.29, 0.717) is 6.42 Å². The molecule has 2 atom stereocenters. The first-order chi connectivity index (χ1) is 10.2. The van der Waals surface area contributed by atoms with Crippen molar-refractivity contribution >= 4 is 11.7 Å². The molecule has 5 heteroatoms. The summed E-state index contributed by atoms with van der Waals surface area (Å²) >= 11 is 0. The van der Waals surface area contributed by atoms with Crippen LogP contribution in [0, 0.1) is 5.92 Å². The fourth-order valence-electron chi connectivity index (χ4n) is 2.91. The highest BCUT2D eigenvalue weighted by Crippen LogP contribution is 2.27. The molecule has 1 heterocycles. The first kappa shape index (κ1) is 13.7. The van der Waals surface area contributed by atoms with E-state index < -0.39 is 5.97 Å². The average molecular weight is 285 g/mol. The fraction of sp³-hybridized carbons (Fsp3) is 0.375. The highest BCUT2D eigenvalue weighted by molar-refractivity contribution is 5.70. The summed E-state index contributed by atoms with van der Waals surface area (Å²) in [7, 11) is 0. The lowest BCUT2D eigenvalue weighted by atomic mass is 9.85. The van der Waals surface area contributed by atoms with Crippen molar-refractivity contribution in [2.75, 3.05) is 5.32 Å².